The molecule has 1 saturated heterocycles. The van der Waals surface area contributed by atoms with Gasteiger partial charge in [0.05, 0.1) is 5.56 Å². The monoisotopic (exact) mass is 355 g/mol. The highest BCUT2D eigenvalue weighted by Gasteiger charge is 2.22. The maximum absolute atomic E-state index is 12.7. The summed E-state index contributed by atoms with van der Waals surface area (Å²) in [4.78, 5) is 19.1. The van der Waals surface area contributed by atoms with Gasteiger partial charge in [-0.25, -0.2) is 4.98 Å². The van der Waals surface area contributed by atoms with Gasteiger partial charge in [-0.15, -0.1) is 24.2 Å². The minimum absolute atomic E-state index is 0. The van der Waals surface area contributed by atoms with Crippen molar-refractivity contribution in [2.45, 2.75) is 37.1 Å². The largest absolute Gasteiger partial charge is 0.336 e. The predicted octanol–water partition coefficient (Wildman–Crippen LogP) is 3.22. The van der Waals surface area contributed by atoms with E-state index in [0.717, 1.165) is 48.4 Å². The molecule has 128 valence electrons. The number of pyridine rings is 1. The SMILES string of the molecule is Cl.O=C(c1cccnc1SCC1CCCCC1)N1CCNCC1. The normalized spacial score (nSPS) is 19.2. The molecule has 1 aliphatic heterocycles. The summed E-state index contributed by atoms with van der Waals surface area (Å²) < 4.78 is 0. The third-order valence-corrected chi connectivity index (χ3v) is 5.82. The van der Waals surface area contributed by atoms with Crippen LogP contribution in [0.5, 0.6) is 0 Å². The van der Waals surface area contributed by atoms with Crippen LogP contribution >= 0.6 is 24.2 Å². The standard InChI is InChI=1S/C17H25N3OS.ClH/c21-17(20-11-9-18-10-12-20)15-7-4-8-19-16(15)22-13-14-5-2-1-3-6-14;/h4,7-8,14,18H,1-3,5-6,9-13H2;1H. The van der Waals surface area contributed by atoms with Crippen molar-refractivity contribution in [3.05, 3.63) is 23.9 Å². The molecule has 1 saturated carbocycles. The lowest BCUT2D eigenvalue weighted by molar-refractivity contribution is 0.0731. The summed E-state index contributed by atoms with van der Waals surface area (Å²) in [5.74, 6) is 2.03. The molecule has 0 bridgehead atoms. The Kier molecular flexibility index (Phi) is 7.66. The summed E-state index contributed by atoms with van der Waals surface area (Å²) >= 11 is 1.77. The molecule has 6 heteroatoms. The van der Waals surface area contributed by atoms with Gasteiger partial charge in [-0.05, 0) is 30.9 Å². The van der Waals surface area contributed by atoms with Crippen molar-refractivity contribution >= 4 is 30.1 Å². The quantitative estimate of drug-likeness (QED) is 0.842. The Morgan fingerprint density at radius 1 is 1.26 bits per heavy atom. The van der Waals surface area contributed by atoms with Crippen LogP contribution in [0.4, 0.5) is 0 Å². The summed E-state index contributed by atoms with van der Waals surface area (Å²) in [5, 5.41) is 4.20. The Balaban J connectivity index is 0.00000192. The van der Waals surface area contributed by atoms with Crippen LogP contribution in [0.2, 0.25) is 0 Å². The highest BCUT2D eigenvalue weighted by molar-refractivity contribution is 7.99. The van der Waals surface area contributed by atoms with E-state index in [1.54, 1.807) is 18.0 Å². The molecule has 3 rings (SSSR count). The number of carbonyl (C=O) groups is 1. The molecule has 1 aromatic rings. The van der Waals surface area contributed by atoms with Crippen molar-refractivity contribution in [2.24, 2.45) is 5.92 Å². The molecule has 2 fully saturated rings. The third-order valence-electron chi connectivity index (χ3n) is 4.59. The van der Waals surface area contributed by atoms with E-state index in [1.165, 1.54) is 32.1 Å². The lowest BCUT2D eigenvalue weighted by Crippen LogP contribution is -2.46. The van der Waals surface area contributed by atoms with E-state index in [0.29, 0.717) is 0 Å². The van der Waals surface area contributed by atoms with Crippen molar-refractivity contribution in [1.29, 1.82) is 0 Å². The van der Waals surface area contributed by atoms with Gasteiger partial charge in [-0.1, -0.05) is 19.3 Å². The molecule has 1 N–H and O–H groups in total. The number of rotatable bonds is 4. The van der Waals surface area contributed by atoms with E-state index in [9.17, 15) is 4.79 Å². The van der Waals surface area contributed by atoms with Gasteiger partial charge in [-0.3, -0.25) is 4.79 Å². The summed E-state index contributed by atoms with van der Waals surface area (Å²) in [6.07, 6.45) is 8.58. The highest BCUT2D eigenvalue weighted by atomic mass is 35.5. The summed E-state index contributed by atoms with van der Waals surface area (Å²) in [5.41, 5.74) is 0.783. The molecule has 2 heterocycles. The second kappa shape index (κ2) is 9.50. The van der Waals surface area contributed by atoms with Crippen LogP contribution in [0.1, 0.15) is 42.5 Å². The molecule has 1 aromatic heterocycles. The van der Waals surface area contributed by atoms with Crippen molar-refractivity contribution in [2.75, 3.05) is 31.9 Å². The van der Waals surface area contributed by atoms with Gasteiger partial charge in [0.25, 0.3) is 5.91 Å². The van der Waals surface area contributed by atoms with E-state index in [4.69, 9.17) is 0 Å². The van der Waals surface area contributed by atoms with Crippen molar-refractivity contribution in [3.8, 4) is 0 Å². The van der Waals surface area contributed by atoms with Crippen LogP contribution in [0.3, 0.4) is 0 Å². The van der Waals surface area contributed by atoms with E-state index >= 15 is 0 Å². The average Bonchev–Trinajstić information content (AvgIpc) is 2.61. The number of thioether (sulfide) groups is 1. The molecule has 23 heavy (non-hydrogen) atoms. The molecule has 0 unspecified atom stereocenters. The maximum atomic E-state index is 12.7. The molecule has 4 nitrogen and oxygen atoms in total. The van der Waals surface area contributed by atoms with E-state index in [2.05, 4.69) is 10.3 Å². The molecule has 1 aliphatic carbocycles. The van der Waals surface area contributed by atoms with Gasteiger partial charge < -0.3 is 10.2 Å². The van der Waals surface area contributed by atoms with Crippen LogP contribution in [0.15, 0.2) is 23.4 Å². The number of nitrogens with zero attached hydrogens (tertiary/aromatic N) is 2. The van der Waals surface area contributed by atoms with Gasteiger partial charge in [0.2, 0.25) is 0 Å². The Bertz CT molecular complexity index is 502. The minimum atomic E-state index is 0. The smallest absolute Gasteiger partial charge is 0.256 e. The number of nitrogens with one attached hydrogen (secondary N) is 1. The van der Waals surface area contributed by atoms with Crippen molar-refractivity contribution in [3.63, 3.8) is 0 Å². The Morgan fingerprint density at radius 2 is 2.00 bits per heavy atom. The molecule has 0 radical (unpaired) electrons. The first-order chi connectivity index (χ1) is 10.8. The van der Waals surface area contributed by atoms with Crippen LogP contribution in [0.25, 0.3) is 0 Å². The number of piperazine rings is 1. The van der Waals surface area contributed by atoms with Crippen LogP contribution in [0, 0.1) is 5.92 Å². The Labute approximate surface area is 149 Å². The lowest BCUT2D eigenvalue weighted by Gasteiger charge is -2.28. The zero-order chi connectivity index (χ0) is 15.2. The first-order valence-corrected chi connectivity index (χ1v) is 9.41. The number of hydrogen-bond acceptors (Lipinski definition) is 4. The molecule has 0 aromatic carbocycles. The second-order valence-corrected chi connectivity index (χ2v) is 7.22. The van der Waals surface area contributed by atoms with Crippen LogP contribution in [-0.2, 0) is 0 Å². The molecular formula is C17H26ClN3OS. The fraction of sp³-hybridized carbons (Fsp3) is 0.647. The number of amides is 1. The molecule has 1 amide bonds. The molecule has 0 atom stereocenters. The zero-order valence-electron chi connectivity index (χ0n) is 13.5. The van der Waals surface area contributed by atoms with E-state index in [-0.39, 0.29) is 18.3 Å². The van der Waals surface area contributed by atoms with Crippen LogP contribution in [-0.4, -0.2) is 47.7 Å². The number of aromatic nitrogens is 1. The van der Waals surface area contributed by atoms with Gasteiger partial charge >= 0.3 is 0 Å². The lowest BCUT2D eigenvalue weighted by atomic mass is 9.91. The second-order valence-electron chi connectivity index (χ2n) is 6.21. The van der Waals surface area contributed by atoms with E-state index in [1.807, 2.05) is 17.0 Å². The van der Waals surface area contributed by atoms with Crippen molar-refractivity contribution in [1.82, 2.24) is 15.2 Å². The maximum Gasteiger partial charge on any atom is 0.256 e. The number of halogens is 1. The van der Waals surface area contributed by atoms with Crippen molar-refractivity contribution < 1.29 is 4.79 Å². The Morgan fingerprint density at radius 3 is 2.74 bits per heavy atom. The number of carbonyl (C=O) groups excluding carboxylic acids is 1. The fourth-order valence-corrected chi connectivity index (χ4v) is 4.43. The van der Waals surface area contributed by atoms with Crippen LogP contribution < -0.4 is 5.32 Å². The summed E-state index contributed by atoms with van der Waals surface area (Å²) in [7, 11) is 0. The van der Waals surface area contributed by atoms with Gasteiger partial charge in [-0.2, -0.15) is 0 Å². The molecular weight excluding hydrogens is 330 g/mol. The fourth-order valence-electron chi connectivity index (χ4n) is 3.26. The first kappa shape index (κ1) is 18.6. The highest BCUT2D eigenvalue weighted by Crippen LogP contribution is 2.30. The van der Waals surface area contributed by atoms with Gasteiger partial charge in [0.15, 0.2) is 0 Å². The Hall–Kier alpha value is -0.780. The molecule has 2 aliphatic rings. The number of hydrogen-bond donors (Lipinski definition) is 1. The summed E-state index contributed by atoms with van der Waals surface area (Å²) in [6, 6.07) is 3.81. The zero-order valence-corrected chi connectivity index (χ0v) is 15.1. The average molecular weight is 356 g/mol. The predicted molar refractivity (Wildman–Crippen MR) is 97.6 cm³/mol. The van der Waals surface area contributed by atoms with Gasteiger partial charge in [0, 0.05) is 38.1 Å². The first-order valence-electron chi connectivity index (χ1n) is 8.42. The van der Waals surface area contributed by atoms with E-state index < -0.39 is 0 Å². The topological polar surface area (TPSA) is 45.2 Å². The minimum Gasteiger partial charge on any atom is -0.336 e. The third kappa shape index (κ3) is 5.10. The summed E-state index contributed by atoms with van der Waals surface area (Å²) in [6.45, 7) is 3.36. The van der Waals surface area contributed by atoms with Gasteiger partial charge in [0.1, 0.15) is 5.03 Å². The molecule has 0 spiro atoms.